The van der Waals surface area contributed by atoms with Crippen LogP contribution in [0, 0.1) is 22.2 Å². The molecule has 0 radical (unpaired) electrons. The highest BCUT2D eigenvalue weighted by atomic mass is 16.2. The Morgan fingerprint density at radius 2 is 1.76 bits per heavy atom. The first kappa shape index (κ1) is 11.5. The van der Waals surface area contributed by atoms with Crippen molar-refractivity contribution in [2.24, 2.45) is 28.0 Å². The van der Waals surface area contributed by atoms with Crippen molar-refractivity contribution in [2.45, 2.75) is 58.8 Å². The lowest BCUT2D eigenvalue weighted by molar-refractivity contribution is -0.156. The molecule has 0 saturated heterocycles. The van der Waals surface area contributed by atoms with Gasteiger partial charge in [0.1, 0.15) is 0 Å². The van der Waals surface area contributed by atoms with E-state index in [1.54, 1.807) is 0 Å². The van der Waals surface area contributed by atoms with Crippen LogP contribution in [0.4, 0.5) is 0 Å². The zero-order valence-corrected chi connectivity index (χ0v) is 11.0. The second-order valence-electron chi connectivity index (χ2n) is 7.87. The summed E-state index contributed by atoms with van der Waals surface area (Å²) in [4.78, 5) is 11.7. The van der Waals surface area contributed by atoms with Crippen molar-refractivity contribution in [3.05, 3.63) is 0 Å². The smallest absolute Gasteiger partial charge is 0.234 e. The van der Waals surface area contributed by atoms with Gasteiger partial charge in [-0.1, -0.05) is 13.8 Å². The van der Waals surface area contributed by atoms with E-state index in [4.69, 9.17) is 5.84 Å². The topological polar surface area (TPSA) is 55.1 Å². The number of carbonyl (C=O) groups excluding carboxylic acids is 1. The monoisotopic (exact) mass is 236 g/mol. The highest BCUT2D eigenvalue weighted by Crippen LogP contribution is 2.70. The summed E-state index contributed by atoms with van der Waals surface area (Å²) in [5, 5.41) is 0. The lowest BCUT2D eigenvalue weighted by atomic mass is 9.40. The van der Waals surface area contributed by atoms with Crippen molar-refractivity contribution in [1.82, 2.24) is 5.43 Å². The van der Waals surface area contributed by atoms with Gasteiger partial charge in [-0.15, -0.1) is 0 Å². The number of hydrogen-bond acceptors (Lipinski definition) is 2. The van der Waals surface area contributed by atoms with Crippen LogP contribution >= 0.6 is 0 Å². The van der Waals surface area contributed by atoms with Crippen LogP contribution in [-0.4, -0.2) is 5.91 Å². The molecule has 4 aliphatic carbocycles. The maximum absolute atomic E-state index is 11.7. The first-order valence-electron chi connectivity index (χ1n) is 6.86. The Labute approximate surface area is 103 Å². The fourth-order valence-corrected chi connectivity index (χ4v) is 6.27. The molecule has 0 heterocycles. The maximum Gasteiger partial charge on any atom is 0.234 e. The molecule has 3 N–H and O–H groups in total. The summed E-state index contributed by atoms with van der Waals surface area (Å²) >= 11 is 0. The number of hydrazine groups is 1. The average Bonchev–Trinajstić information content (AvgIpc) is 2.10. The lowest BCUT2D eigenvalue weighted by Crippen LogP contribution is -2.56. The highest BCUT2D eigenvalue weighted by molar-refractivity contribution is 5.76. The summed E-state index contributed by atoms with van der Waals surface area (Å²) < 4.78 is 0. The molecule has 1 amide bonds. The summed E-state index contributed by atoms with van der Waals surface area (Å²) in [6, 6.07) is 0. The summed E-state index contributed by atoms with van der Waals surface area (Å²) in [5.74, 6) is 6.15. The third-order valence-electron chi connectivity index (χ3n) is 5.44. The molecule has 0 aliphatic heterocycles. The first-order chi connectivity index (χ1) is 7.86. The highest BCUT2D eigenvalue weighted by Gasteiger charge is 2.60. The van der Waals surface area contributed by atoms with E-state index in [2.05, 4.69) is 19.3 Å². The SMILES string of the molecule is C[C@@]12CC3CC(CC(=O)NN)(C1)C[C@@](C)(C3)C2. The molecule has 0 aromatic heterocycles. The second kappa shape index (κ2) is 3.25. The van der Waals surface area contributed by atoms with Crippen LogP contribution in [0.25, 0.3) is 0 Å². The Balaban J connectivity index is 1.89. The van der Waals surface area contributed by atoms with E-state index >= 15 is 0 Å². The van der Waals surface area contributed by atoms with Gasteiger partial charge in [0, 0.05) is 6.42 Å². The quantitative estimate of drug-likeness (QED) is 0.439. The third kappa shape index (κ3) is 1.79. The van der Waals surface area contributed by atoms with Crippen LogP contribution in [0.5, 0.6) is 0 Å². The Morgan fingerprint density at radius 3 is 2.24 bits per heavy atom. The second-order valence-corrected chi connectivity index (χ2v) is 7.87. The number of hydrogen-bond donors (Lipinski definition) is 2. The Bertz CT molecular complexity index is 347. The minimum Gasteiger partial charge on any atom is -0.294 e. The van der Waals surface area contributed by atoms with Crippen LogP contribution in [0.1, 0.15) is 58.8 Å². The molecule has 0 aromatic rings. The van der Waals surface area contributed by atoms with Crippen LogP contribution in [0.15, 0.2) is 0 Å². The summed E-state index contributed by atoms with van der Waals surface area (Å²) in [6.07, 6.45) is 8.50. The van der Waals surface area contributed by atoms with E-state index in [1.165, 1.54) is 38.5 Å². The molecule has 0 unspecified atom stereocenters. The first-order valence-corrected chi connectivity index (χ1v) is 6.86. The molecular weight excluding hydrogens is 212 g/mol. The number of rotatable bonds is 2. The molecule has 0 spiro atoms. The molecule has 3 nitrogen and oxygen atoms in total. The van der Waals surface area contributed by atoms with E-state index in [0.29, 0.717) is 17.3 Å². The summed E-state index contributed by atoms with van der Waals surface area (Å²) in [7, 11) is 0. The van der Waals surface area contributed by atoms with Gasteiger partial charge in [-0.05, 0) is 60.7 Å². The van der Waals surface area contributed by atoms with Crippen molar-refractivity contribution in [3.8, 4) is 0 Å². The predicted molar refractivity (Wildman–Crippen MR) is 66.8 cm³/mol. The molecule has 17 heavy (non-hydrogen) atoms. The summed E-state index contributed by atoms with van der Waals surface area (Å²) in [6.45, 7) is 4.87. The zero-order chi connectivity index (χ0) is 12.3. The number of nitrogens with two attached hydrogens (primary N) is 1. The van der Waals surface area contributed by atoms with Gasteiger partial charge in [0.15, 0.2) is 0 Å². The van der Waals surface area contributed by atoms with Gasteiger partial charge < -0.3 is 0 Å². The van der Waals surface area contributed by atoms with E-state index in [0.717, 1.165) is 5.92 Å². The van der Waals surface area contributed by atoms with E-state index in [-0.39, 0.29) is 11.3 Å². The van der Waals surface area contributed by atoms with Gasteiger partial charge in [0.2, 0.25) is 5.91 Å². The van der Waals surface area contributed by atoms with E-state index < -0.39 is 0 Å². The molecule has 4 fully saturated rings. The van der Waals surface area contributed by atoms with Crippen LogP contribution < -0.4 is 11.3 Å². The Hall–Kier alpha value is -0.570. The third-order valence-corrected chi connectivity index (χ3v) is 5.44. The van der Waals surface area contributed by atoms with Gasteiger partial charge in [0.05, 0.1) is 0 Å². The largest absolute Gasteiger partial charge is 0.294 e. The number of nitrogens with one attached hydrogen (secondary N) is 1. The normalized spacial score (nSPS) is 51.6. The number of carbonyl (C=O) groups is 1. The van der Waals surface area contributed by atoms with Crippen molar-refractivity contribution in [2.75, 3.05) is 0 Å². The molecule has 3 heteroatoms. The van der Waals surface area contributed by atoms with Gasteiger partial charge in [-0.3, -0.25) is 10.2 Å². The minimum atomic E-state index is 0.0270. The van der Waals surface area contributed by atoms with Crippen molar-refractivity contribution in [3.63, 3.8) is 0 Å². The molecule has 0 aromatic carbocycles. The van der Waals surface area contributed by atoms with E-state index in [9.17, 15) is 4.79 Å². The van der Waals surface area contributed by atoms with E-state index in [1.807, 2.05) is 0 Å². The van der Waals surface area contributed by atoms with Crippen molar-refractivity contribution < 1.29 is 4.79 Å². The standard InChI is InChI=1S/C14H24N2O/c1-12-3-10-4-13(2,7-12)9-14(5-10,8-12)6-11(17)16-15/h10H,3-9,15H2,1-2H3,(H,16,17)/t10?,12-,13-,14?/m0/s1. The predicted octanol–water partition coefficient (Wildman–Crippen LogP) is 2.36. The molecule has 4 saturated carbocycles. The molecule has 4 rings (SSSR count). The van der Waals surface area contributed by atoms with Crippen molar-refractivity contribution >= 4 is 5.91 Å². The molecule has 4 bridgehead atoms. The molecule has 4 aliphatic rings. The zero-order valence-electron chi connectivity index (χ0n) is 11.0. The fraction of sp³-hybridized carbons (Fsp3) is 0.929. The Morgan fingerprint density at radius 1 is 1.18 bits per heavy atom. The molecule has 2 atom stereocenters. The maximum atomic E-state index is 11.7. The van der Waals surface area contributed by atoms with Gasteiger partial charge >= 0.3 is 0 Å². The van der Waals surface area contributed by atoms with Gasteiger partial charge in [0.25, 0.3) is 0 Å². The summed E-state index contributed by atoms with van der Waals surface area (Å²) in [5.41, 5.74) is 3.56. The average molecular weight is 236 g/mol. The molecular formula is C14H24N2O. The van der Waals surface area contributed by atoms with Crippen LogP contribution in [0.3, 0.4) is 0 Å². The fourth-order valence-electron chi connectivity index (χ4n) is 6.27. The number of amides is 1. The Kier molecular flexibility index (Phi) is 2.20. The van der Waals surface area contributed by atoms with Crippen molar-refractivity contribution in [1.29, 1.82) is 0 Å². The lowest BCUT2D eigenvalue weighted by Gasteiger charge is -2.65. The van der Waals surface area contributed by atoms with Gasteiger partial charge in [-0.2, -0.15) is 0 Å². The molecule has 96 valence electrons. The van der Waals surface area contributed by atoms with Gasteiger partial charge in [-0.25, -0.2) is 5.84 Å². The minimum absolute atomic E-state index is 0.0270. The van der Waals surface area contributed by atoms with Crippen LogP contribution in [-0.2, 0) is 4.79 Å². The van der Waals surface area contributed by atoms with Crippen LogP contribution in [0.2, 0.25) is 0 Å².